The van der Waals surface area contributed by atoms with Crippen molar-refractivity contribution in [3.8, 4) is 0 Å². The molecule has 2 heteroatoms. The van der Waals surface area contributed by atoms with Crippen LogP contribution in [0.5, 0.6) is 0 Å². The molecule has 1 N–H and O–H groups in total. The molecule has 1 rings (SSSR count). The summed E-state index contributed by atoms with van der Waals surface area (Å²) in [5.74, 6) is 0.748. The first-order chi connectivity index (χ1) is 7.70. The molecule has 1 fully saturated rings. The maximum atomic E-state index is 3.61. The summed E-state index contributed by atoms with van der Waals surface area (Å²) in [6.45, 7) is 12.0. The molecule has 1 unspecified atom stereocenters. The van der Waals surface area contributed by atoms with Gasteiger partial charge in [0.25, 0.3) is 0 Å². The normalized spacial score (nSPS) is 21.0. The lowest BCUT2D eigenvalue weighted by Crippen LogP contribution is -2.34. The standard InChI is InChI=1S/C14H30N2/c1-13(2)14(3)15-9-8-12-16-10-6-4-5-7-11-16/h13-15H,4-12H2,1-3H3. The highest BCUT2D eigenvalue weighted by molar-refractivity contribution is 4.67. The number of nitrogens with one attached hydrogen (secondary N) is 1. The lowest BCUT2D eigenvalue weighted by atomic mass is 10.1. The summed E-state index contributed by atoms with van der Waals surface area (Å²) in [6.07, 6.45) is 7.01. The van der Waals surface area contributed by atoms with Crippen LogP contribution in [0.25, 0.3) is 0 Å². The summed E-state index contributed by atoms with van der Waals surface area (Å²) in [4.78, 5) is 2.65. The van der Waals surface area contributed by atoms with E-state index in [1.807, 2.05) is 0 Å². The average molecular weight is 226 g/mol. The molecule has 0 aromatic carbocycles. The number of hydrogen-bond acceptors (Lipinski definition) is 2. The lowest BCUT2D eigenvalue weighted by molar-refractivity contribution is 0.276. The van der Waals surface area contributed by atoms with Crippen LogP contribution in [0.4, 0.5) is 0 Å². The second-order valence-electron chi connectivity index (χ2n) is 5.60. The van der Waals surface area contributed by atoms with Crippen molar-refractivity contribution in [1.29, 1.82) is 0 Å². The van der Waals surface area contributed by atoms with Gasteiger partial charge in [0.1, 0.15) is 0 Å². The maximum Gasteiger partial charge on any atom is 0.00617 e. The van der Waals surface area contributed by atoms with Crippen LogP contribution in [-0.2, 0) is 0 Å². The molecule has 1 aliphatic heterocycles. The van der Waals surface area contributed by atoms with E-state index >= 15 is 0 Å². The first kappa shape index (κ1) is 14.0. The molecule has 0 saturated carbocycles. The smallest absolute Gasteiger partial charge is 0.00617 e. The molecule has 0 aliphatic carbocycles. The molecular formula is C14H30N2. The largest absolute Gasteiger partial charge is 0.314 e. The van der Waals surface area contributed by atoms with Crippen molar-refractivity contribution in [1.82, 2.24) is 10.2 Å². The van der Waals surface area contributed by atoms with Crippen LogP contribution in [-0.4, -0.2) is 37.1 Å². The first-order valence-corrected chi connectivity index (χ1v) is 7.16. The van der Waals surface area contributed by atoms with Gasteiger partial charge in [-0.15, -0.1) is 0 Å². The molecule has 1 atom stereocenters. The van der Waals surface area contributed by atoms with Crippen LogP contribution in [0.2, 0.25) is 0 Å². The Morgan fingerprint density at radius 2 is 1.62 bits per heavy atom. The summed E-state index contributed by atoms with van der Waals surface area (Å²) in [6, 6.07) is 0.657. The van der Waals surface area contributed by atoms with E-state index in [0.717, 1.165) is 5.92 Å². The van der Waals surface area contributed by atoms with Crippen LogP contribution in [0.15, 0.2) is 0 Å². The van der Waals surface area contributed by atoms with Crippen LogP contribution in [0.1, 0.15) is 52.9 Å². The van der Waals surface area contributed by atoms with E-state index in [-0.39, 0.29) is 0 Å². The van der Waals surface area contributed by atoms with Gasteiger partial charge in [-0.1, -0.05) is 26.7 Å². The van der Waals surface area contributed by atoms with E-state index in [1.165, 1.54) is 58.3 Å². The Labute approximate surface area is 102 Å². The Morgan fingerprint density at radius 1 is 1.00 bits per heavy atom. The summed E-state index contributed by atoms with van der Waals surface area (Å²) >= 11 is 0. The summed E-state index contributed by atoms with van der Waals surface area (Å²) in [7, 11) is 0. The minimum absolute atomic E-state index is 0.657. The molecular weight excluding hydrogens is 196 g/mol. The predicted molar refractivity (Wildman–Crippen MR) is 71.8 cm³/mol. The van der Waals surface area contributed by atoms with Crippen LogP contribution >= 0.6 is 0 Å². The fourth-order valence-corrected chi connectivity index (χ4v) is 2.23. The highest BCUT2D eigenvalue weighted by atomic mass is 15.1. The summed E-state index contributed by atoms with van der Waals surface area (Å²) < 4.78 is 0. The van der Waals surface area contributed by atoms with Crippen molar-refractivity contribution >= 4 is 0 Å². The third kappa shape index (κ3) is 5.86. The lowest BCUT2D eigenvalue weighted by Gasteiger charge is -2.21. The topological polar surface area (TPSA) is 15.3 Å². The molecule has 16 heavy (non-hydrogen) atoms. The van der Waals surface area contributed by atoms with Crippen molar-refractivity contribution in [2.45, 2.75) is 58.9 Å². The van der Waals surface area contributed by atoms with Gasteiger partial charge >= 0.3 is 0 Å². The zero-order valence-electron chi connectivity index (χ0n) is 11.5. The highest BCUT2D eigenvalue weighted by Crippen LogP contribution is 2.09. The molecule has 0 spiro atoms. The van der Waals surface area contributed by atoms with E-state index < -0.39 is 0 Å². The Balaban J connectivity index is 2.01. The first-order valence-electron chi connectivity index (χ1n) is 7.16. The number of nitrogens with zero attached hydrogens (tertiary/aromatic N) is 1. The second kappa shape index (κ2) is 8.08. The molecule has 0 bridgehead atoms. The Hall–Kier alpha value is -0.0800. The maximum absolute atomic E-state index is 3.61. The molecule has 0 amide bonds. The Bertz CT molecular complexity index is 160. The Morgan fingerprint density at radius 3 is 2.19 bits per heavy atom. The fraction of sp³-hybridized carbons (Fsp3) is 1.00. The van der Waals surface area contributed by atoms with Crippen molar-refractivity contribution < 1.29 is 0 Å². The third-order valence-corrected chi connectivity index (χ3v) is 3.82. The minimum Gasteiger partial charge on any atom is -0.314 e. The van der Waals surface area contributed by atoms with Gasteiger partial charge in [0.2, 0.25) is 0 Å². The van der Waals surface area contributed by atoms with Crippen molar-refractivity contribution in [3.63, 3.8) is 0 Å². The average Bonchev–Trinajstić information content (AvgIpc) is 2.52. The number of hydrogen-bond donors (Lipinski definition) is 1. The minimum atomic E-state index is 0.657. The zero-order valence-corrected chi connectivity index (χ0v) is 11.5. The Kier molecular flexibility index (Phi) is 7.06. The van der Waals surface area contributed by atoms with Gasteiger partial charge in [-0.05, 0) is 58.3 Å². The van der Waals surface area contributed by atoms with E-state index in [4.69, 9.17) is 0 Å². The monoisotopic (exact) mass is 226 g/mol. The van der Waals surface area contributed by atoms with Crippen LogP contribution in [0.3, 0.4) is 0 Å². The van der Waals surface area contributed by atoms with Gasteiger partial charge in [0.15, 0.2) is 0 Å². The molecule has 2 nitrogen and oxygen atoms in total. The van der Waals surface area contributed by atoms with E-state index in [9.17, 15) is 0 Å². The SMILES string of the molecule is CC(C)C(C)NCCCN1CCCCCC1. The van der Waals surface area contributed by atoms with Crippen LogP contribution < -0.4 is 5.32 Å². The molecule has 0 aromatic rings. The van der Waals surface area contributed by atoms with Crippen LogP contribution in [0, 0.1) is 5.92 Å². The highest BCUT2D eigenvalue weighted by Gasteiger charge is 2.09. The molecule has 96 valence electrons. The van der Waals surface area contributed by atoms with E-state index in [0.29, 0.717) is 6.04 Å². The number of rotatable bonds is 6. The molecule has 1 saturated heterocycles. The van der Waals surface area contributed by atoms with Crippen molar-refractivity contribution in [2.75, 3.05) is 26.2 Å². The van der Waals surface area contributed by atoms with E-state index in [2.05, 4.69) is 31.0 Å². The van der Waals surface area contributed by atoms with Crippen molar-refractivity contribution in [2.24, 2.45) is 5.92 Å². The summed E-state index contributed by atoms with van der Waals surface area (Å²) in [5.41, 5.74) is 0. The van der Waals surface area contributed by atoms with Gasteiger partial charge in [-0.25, -0.2) is 0 Å². The molecule has 0 radical (unpaired) electrons. The number of likely N-dealkylation sites (tertiary alicyclic amines) is 1. The van der Waals surface area contributed by atoms with Gasteiger partial charge in [-0.3, -0.25) is 0 Å². The quantitative estimate of drug-likeness (QED) is 0.701. The van der Waals surface area contributed by atoms with Gasteiger partial charge < -0.3 is 10.2 Å². The fourth-order valence-electron chi connectivity index (χ4n) is 2.23. The predicted octanol–water partition coefficient (Wildman–Crippen LogP) is 2.89. The van der Waals surface area contributed by atoms with Gasteiger partial charge in [0.05, 0.1) is 0 Å². The molecule has 1 aliphatic rings. The van der Waals surface area contributed by atoms with Gasteiger partial charge in [-0.2, -0.15) is 0 Å². The molecule has 1 heterocycles. The zero-order chi connectivity index (χ0) is 11.8. The van der Waals surface area contributed by atoms with Crippen molar-refractivity contribution in [3.05, 3.63) is 0 Å². The van der Waals surface area contributed by atoms with E-state index in [1.54, 1.807) is 0 Å². The van der Waals surface area contributed by atoms with Gasteiger partial charge in [0, 0.05) is 6.04 Å². The molecule has 0 aromatic heterocycles. The third-order valence-electron chi connectivity index (χ3n) is 3.82. The second-order valence-corrected chi connectivity index (χ2v) is 5.60. The summed E-state index contributed by atoms with van der Waals surface area (Å²) in [5, 5.41) is 3.61.